The van der Waals surface area contributed by atoms with Gasteiger partial charge in [0.1, 0.15) is 18.4 Å². The molecule has 2 heterocycles. The highest BCUT2D eigenvalue weighted by molar-refractivity contribution is 5.67. The van der Waals surface area contributed by atoms with Crippen LogP contribution in [0.5, 0.6) is 0 Å². The molecule has 0 amide bonds. The van der Waals surface area contributed by atoms with E-state index in [-0.39, 0.29) is 30.0 Å². The topological polar surface area (TPSA) is 75.7 Å². The van der Waals surface area contributed by atoms with Crippen LogP contribution in [0.3, 0.4) is 0 Å². The zero-order chi connectivity index (χ0) is 26.2. The van der Waals surface area contributed by atoms with Gasteiger partial charge < -0.3 is 15.0 Å². The maximum atomic E-state index is 14.5. The van der Waals surface area contributed by atoms with Gasteiger partial charge in [0.25, 0.3) is 0 Å². The van der Waals surface area contributed by atoms with Crippen molar-refractivity contribution in [3.8, 4) is 17.2 Å². The van der Waals surface area contributed by atoms with Gasteiger partial charge in [-0.3, -0.25) is 10.6 Å². The predicted molar refractivity (Wildman–Crippen MR) is 137 cm³/mol. The second-order valence-corrected chi connectivity index (χ2v) is 10.6. The van der Waals surface area contributed by atoms with Gasteiger partial charge in [-0.05, 0) is 53.1 Å². The van der Waals surface area contributed by atoms with Crippen LogP contribution in [0.1, 0.15) is 31.9 Å². The van der Waals surface area contributed by atoms with Crippen molar-refractivity contribution in [1.29, 1.82) is 5.26 Å². The maximum Gasteiger partial charge on any atom is 0.407 e. The fourth-order valence-corrected chi connectivity index (χ4v) is 5.82. The first kappa shape index (κ1) is 26.0. The summed E-state index contributed by atoms with van der Waals surface area (Å²) in [6.45, 7) is 7.91. The molecule has 0 bridgehead atoms. The third kappa shape index (κ3) is 5.48. The van der Waals surface area contributed by atoms with Crippen molar-refractivity contribution in [3.05, 3.63) is 54.1 Å². The third-order valence-electron chi connectivity index (χ3n) is 7.89. The maximum absolute atomic E-state index is 14.5. The molecule has 2 aromatic carbocycles. The van der Waals surface area contributed by atoms with Crippen molar-refractivity contribution in [3.63, 3.8) is 0 Å². The number of nitrogens with zero attached hydrogens (tertiary/aromatic N) is 2. The van der Waals surface area contributed by atoms with Crippen molar-refractivity contribution in [2.45, 2.75) is 50.4 Å². The normalized spacial score (nSPS) is 28.1. The molecule has 9 heteroatoms. The number of piperazine rings is 1. The van der Waals surface area contributed by atoms with Gasteiger partial charge in [0, 0.05) is 31.9 Å². The average molecular weight is 514 g/mol. The monoisotopic (exact) mass is 513 g/mol. The molecule has 6 nitrogen and oxygen atoms in total. The van der Waals surface area contributed by atoms with Crippen LogP contribution < -0.4 is 20.9 Å². The van der Waals surface area contributed by atoms with Crippen LogP contribution in [-0.2, 0) is 4.74 Å². The van der Waals surface area contributed by atoms with Crippen LogP contribution in [0.4, 0.5) is 18.9 Å². The number of halogens is 3. The quantitative estimate of drug-likeness (QED) is 0.345. The molecule has 0 aromatic heterocycles. The Labute approximate surface area is 216 Å². The summed E-state index contributed by atoms with van der Waals surface area (Å²) >= 11 is 0. The summed E-state index contributed by atoms with van der Waals surface area (Å²) in [5, 5.41) is 18.2. The second kappa shape index (κ2) is 10.3. The Balaban J connectivity index is 1.38. The Kier molecular flexibility index (Phi) is 7.20. The molecule has 1 saturated carbocycles. The molecule has 2 saturated heterocycles. The van der Waals surface area contributed by atoms with E-state index in [4.69, 9.17) is 10.00 Å². The SMILES string of the molecule is CC(C)[C@@H]1CC1(NC(c1cccc(-c2ccc(N3CCNCC3)cc2)c1)C(F)(F)F)C1OC1NCC#N. The molecule has 0 spiro atoms. The van der Waals surface area contributed by atoms with Gasteiger partial charge in [0.15, 0.2) is 0 Å². The highest BCUT2D eigenvalue weighted by atomic mass is 19.4. The van der Waals surface area contributed by atoms with Gasteiger partial charge in [-0.1, -0.05) is 44.2 Å². The van der Waals surface area contributed by atoms with Gasteiger partial charge in [-0.2, -0.15) is 18.4 Å². The molecule has 3 aliphatic rings. The number of hydrogen-bond acceptors (Lipinski definition) is 6. The number of rotatable bonds is 9. The standard InChI is InChI=1S/C28H34F3N5O/c1-18(2)23-17-27(23,25-26(37-25)34-11-10-32)35-24(28(29,30)31)21-5-3-4-20(16-21)19-6-8-22(9-7-19)36-14-12-33-13-15-36/h3-9,16,18,23-26,33-35H,11-15,17H2,1-2H3/t23-,24?,25?,26?,27?/m0/s1. The van der Waals surface area contributed by atoms with Crippen LogP contribution in [0.25, 0.3) is 11.1 Å². The van der Waals surface area contributed by atoms with Gasteiger partial charge in [-0.25, -0.2) is 0 Å². The summed E-state index contributed by atoms with van der Waals surface area (Å²) in [4.78, 5) is 2.30. The molecule has 0 radical (unpaired) electrons. The Morgan fingerprint density at radius 2 is 1.86 bits per heavy atom. The lowest BCUT2D eigenvalue weighted by atomic mass is 9.95. The van der Waals surface area contributed by atoms with Crippen molar-refractivity contribution >= 4 is 5.69 Å². The molecular weight excluding hydrogens is 479 g/mol. The van der Waals surface area contributed by atoms with Crippen molar-refractivity contribution in [1.82, 2.24) is 16.0 Å². The highest BCUT2D eigenvalue weighted by Gasteiger charge is 2.70. The smallest absolute Gasteiger partial charge is 0.369 e. The van der Waals surface area contributed by atoms with E-state index >= 15 is 0 Å². The molecule has 5 atom stereocenters. The summed E-state index contributed by atoms with van der Waals surface area (Å²) in [5.41, 5.74) is 2.17. The van der Waals surface area contributed by atoms with Crippen molar-refractivity contribution < 1.29 is 17.9 Å². The molecule has 198 valence electrons. The largest absolute Gasteiger partial charge is 0.407 e. The van der Waals surface area contributed by atoms with Crippen LogP contribution >= 0.6 is 0 Å². The van der Waals surface area contributed by atoms with E-state index in [1.54, 1.807) is 18.2 Å². The first-order valence-electron chi connectivity index (χ1n) is 13.0. The van der Waals surface area contributed by atoms with E-state index in [0.29, 0.717) is 6.42 Å². The Morgan fingerprint density at radius 1 is 1.14 bits per heavy atom. The second-order valence-electron chi connectivity index (χ2n) is 10.6. The summed E-state index contributed by atoms with van der Waals surface area (Å²) < 4.78 is 49.2. The molecular formula is C28H34F3N5O. The van der Waals surface area contributed by atoms with Gasteiger partial charge in [0.05, 0.1) is 18.2 Å². The predicted octanol–water partition coefficient (Wildman–Crippen LogP) is 4.21. The minimum atomic E-state index is -4.48. The molecule has 5 rings (SSSR count). The van der Waals surface area contributed by atoms with E-state index in [1.807, 2.05) is 50.2 Å². The number of alkyl halides is 3. The van der Waals surface area contributed by atoms with E-state index in [9.17, 15) is 13.2 Å². The van der Waals surface area contributed by atoms with Crippen LogP contribution in [0, 0.1) is 23.2 Å². The van der Waals surface area contributed by atoms with Crippen LogP contribution in [0.15, 0.2) is 48.5 Å². The Morgan fingerprint density at radius 3 is 2.49 bits per heavy atom. The number of nitrogens with one attached hydrogen (secondary N) is 3. The average Bonchev–Trinajstić information content (AvgIpc) is 3.81. The first-order chi connectivity index (χ1) is 17.7. The minimum absolute atomic E-state index is 0.0666. The number of nitriles is 1. The Bertz CT molecular complexity index is 1130. The third-order valence-corrected chi connectivity index (χ3v) is 7.89. The number of anilines is 1. The summed E-state index contributed by atoms with van der Waals surface area (Å²) in [6, 6.07) is 15.0. The van der Waals surface area contributed by atoms with E-state index in [0.717, 1.165) is 43.0 Å². The molecule has 37 heavy (non-hydrogen) atoms. The van der Waals surface area contributed by atoms with Gasteiger partial charge >= 0.3 is 6.18 Å². The van der Waals surface area contributed by atoms with Crippen molar-refractivity contribution in [2.75, 3.05) is 37.6 Å². The highest BCUT2D eigenvalue weighted by Crippen LogP contribution is 2.58. The lowest BCUT2D eigenvalue weighted by molar-refractivity contribution is -0.161. The summed E-state index contributed by atoms with van der Waals surface area (Å²) in [7, 11) is 0. The number of ether oxygens (including phenoxy) is 1. The number of benzene rings is 2. The number of epoxide rings is 1. The van der Waals surface area contributed by atoms with Gasteiger partial charge in [0.2, 0.25) is 0 Å². The van der Waals surface area contributed by atoms with Crippen molar-refractivity contribution in [2.24, 2.45) is 11.8 Å². The molecule has 3 N–H and O–H groups in total. The number of hydrogen-bond donors (Lipinski definition) is 3. The molecule has 3 fully saturated rings. The molecule has 4 unspecified atom stereocenters. The van der Waals surface area contributed by atoms with E-state index in [2.05, 4.69) is 20.9 Å². The summed E-state index contributed by atoms with van der Waals surface area (Å²) in [6.07, 6.45) is -4.66. The summed E-state index contributed by atoms with van der Waals surface area (Å²) in [5.74, 6) is 0.277. The fraction of sp³-hybridized carbons (Fsp3) is 0.536. The molecule has 2 aromatic rings. The lowest BCUT2D eigenvalue weighted by Gasteiger charge is -2.30. The molecule has 2 aliphatic heterocycles. The van der Waals surface area contributed by atoms with Crippen LogP contribution in [0.2, 0.25) is 0 Å². The first-order valence-corrected chi connectivity index (χ1v) is 13.0. The van der Waals surface area contributed by atoms with E-state index < -0.39 is 24.0 Å². The zero-order valence-corrected chi connectivity index (χ0v) is 21.2. The molecule has 1 aliphatic carbocycles. The Hall–Kier alpha value is -2.64. The minimum Gasteiger partial charge on any atom is -0.369 e. The van der Waals surface area contributed by atoms with Crippen LogP contribution in [-0.4, -0.2) is 56.8 Å². The zero-order valence-electron chi connectivity index (χ0n) is 21.2. The van der Waals surface area contributed by atoms with Gasteiger partial charge in [-0.15, -0.1) is 0 Å². The fourth-order valence-electron chi connectivity index (χ4n) is 5.82. The van der Waals surface area contributed by atoms with E-state index in [1.165, 1.54) is 0 Å². The lowest BCUT2D eigenvalue weighted by Crippen LogP contribution is -2.48.